The maximum atomic E-state index is 5.85. The summed E-state index contributed by atoms with van der Waals surface area (Å²) in [6.45, 7) is 3.03. The zero-order chi connectivity index (χ0) is 12.1. The highest BCUT2D eigenvalue weighted by atomic mass is 35.5. The van der Waals surface area contributed by atoms with E-state index in [0.717, 1.165) is 11.6 Å². The molecule has 0 bridgehead atoms. The molecule has 1 atom stereocenters. The SMILES string of the molecule is C[C@H](NCc1ccc(Cl)cc1)c1ccccc1. The smallest absolute Gasteiger partial charge is 0.0406 e. The Morgan fingerprint density at radius 3 is 2.29 bits per heavy atom. The third kappa shape index (κ3) is 3.58. The van der Waals surface area contributed by atoms with Crippen LogP contribution >= 0.6 is 11.6 Å². The van der Waals surface area contributed by atoms with Gasteiger partial charge in [-0.2, -0.15) is 0 Å². The number of rotatable bonds is 4. The molecule has 0 aromatic heterocycles. The van der Waals surface area contributed by atoms with Crippen LogP contribution in [0.1, 0.15) is 24.1 Å². The van der Waals surface area contributed by atoms with E-state index >= 15 is 0 Å². The molecule has 2 heteroatoms. The highest BCUT2D eigenvalue weighted by molar-refractivity contribution is 6.30. The molecule has 2 aromatic rings. The summed E-state index contributed by atoms with van der Waals surface area (Å²) in [6, 6.07) is 18.7. The molecule has 0 amide bonds. The van der Waals surface area contributed by atoms with Gasteiger partial charge in [-0.3, -0.25) is 0 Å². The van der Waals surface area contributed by atoms with Crippen LogP contribution in [-0.2, 0) is 6.54 Å². The third-order valence-corrected chi connectivity index (χ3v) is 3.08. The molecule has 0 aliphatic heterocycles. The molecular formula is C15H16ClN. The first-order valence-electron chi connectivity index (χ1n) is 5.78. The molecule has 2 aromatic carbocycles. The van der Waals surface area contributed by atoms with E-state index in [-0.39, 0.29) is 0 Å². The van der Waals surface area contributed by atoms with E-state index in [9.17, 15) is 0 Å². The van der Waals surface area contributed by atoms with Crippen LogP contribution in [0, 0.1) is 0 Å². The van der Waals surface area contributed by atoms with Crippen molar-refractivity contribution in [3.05, 3.63) is 70.7 Å². The second-order valence-corrected chi connectivity index (χ2v) is 4.58. The summed E-state index contributed by atoms with van der Waals surface area (Å²) in [4.78, 5) is 0. The van der Waals surface area contributed by atoms with E-state index in [2.05, 4.69) is 36.5 Å². The van der Waals surface area contributed by atoms with Crippen LogP contribution in [0.5, 0.6) is 0 Å². The van der Waals surface area contributed by atoms with Gasteiger partial charge in [0.2, 0.25) is 0 Å². The van der Waals surface area contributed by atoms with E-state index in [0.29, 0.717) is 6.04 Å². The summed E-state index contributed by atoms with van der Waals surface area (Å²) < 4.78 is 0. The Labute approximate surface area is 107 Å². The summed E-state index contributed by atoms with van der Waals surface area (Å²) in [5.74, 6) is 0. The second kappa shape index (κ2) is 5.85. The van der Waals surface area contributed by atoms with Crippen molar-refractivity contribution < 1.29 is 0 Å². The van der Waals surface area contributed by atoms with Crippen LogP contribution in [-0.4, -0.2) is 0 Å². The fourth-order valence-electron chi connectivity index (χ4n) is 1.73. The van der Waals surface area contributed by atoms with Gasteiger partial charge in [-0.05, 0) is 30.2 Å². The summed E-state index contributed by atoms with van der Waals surface area (Å²) in [5, 5.41) is 4.27. The van der Waals surface area contributed by atoms with Crippen molar-refractivity contribution >= 4 is 11.6 Å². The van der Waals surface area contributed by atoms with Gasteiger partial charge in [0.05, 0.1) is 0 Å². The summed E-state index contributed by atoms with van der Waals surface area (Å²) in [5.41, 5.74) is 2.55. The van der Waals surface area contributed by atoms with Crippen molar-refractivity contribution in [1.82, 2.24) is 5.32 Å². The molecule has 2 rings (SSSR count). The second-order valence-electron chi connectivity index (χ2n) is 4.14. The molecule has 0 aliphatic rings. The van der Waals surface area contributed by atoms with Gasteiger partial charge in [-0.15, -0.1) is 0 Å². The van der Waals surface area contributed by atoms with Crippen molar-refractivity contribution in [2.45, 2.75) is 19.5 Å². The van der Waals surface area contributed by atoms with E-state index in [1.807, 2.05) is 30.3 Å². The first-order valence-corrected chi connectivity index (χ1v) is 6.16. The molecule has 0 radical (unpaired) electrons. The van der Waals surface area contributed by atoms with Gasteiger partial charge >= 0.3 is 0 Å². The number of hydrogen-bond donors (Lipinski definition) is 1. The topological polar surface area (TPSA) is 12.0 Å². The van der Waals surface area contributed by atoms with Gasteiger partial charge < -0.3 is 5.32 Å². The van der Waals surface area contributed by atoms with Crippen LogP contribution in [0.4, 0.5) is 0 Å². The lowest BCUT2D eigenvalue weighted by Crippen LogP contribution is -2.17. The fraction of sp³-hybridized carbons (Fsp3) is 0.200. The minimum absolute atomic E-state index is 0.354. The minimum Gasteiger partial charge on any atom is -0.306 e. The molecule has 1 nitrogen and oxygen atoms in total. The van der Waals surface area contributed by atoms with Gasteiger partial charge in [-0.25, -0.2) is 0 Å². The van der Waals surface area contributed by atoms with E-state index < -0.39 is 0 Å². The molecule has 1 N–H and O–H groups in total. The average molecular weight is 246 g/mol. The van der Waals surface area contributed by atoms with Crippen molar-refractivity contribution in [2.24, 2.45) is 0 Å². The van der Waals surface area contributed by atoms with E-state index in [1.165, 1.54) is 11.1 Å². The predicted molar refractivity (Wildman–Crippen MR) is 73.1 cm³/mol. The van der Waals surface area contributed by atoms with Crippen molar-refractivity contribution in [3.8, 4) is 0 Å². The standard InChI is InChI=1S/C15H16ClN/c1-12(14-5-3-2-4-6-14)17-11-13-7-9-15(16)10-8-13/h2-10,12,17H,11H2,1H3/t12-/m0/s1. The highest BCUT2D eigenvalue weighted by Gasteiger charge is 2.03. The van der Waals surface area contributed by atoms with Gasteiger partial charge in [0.15, 0.2) is 0 Å². The Balaban J connectivity index is 1.92. The molecule has 0 unspecified atom stereocenters. The Hall–Kier alpha value is -1.31. The first-order chi connectivity index (χ1) is 8.25. The predicted octanol–water partition coefficient (Wildman–Crippen LogP) is 4.19. The van der Waals surface area contributed by atoms with Gasteiger partial charge in [0, 0.05) is 17.6 Å². The average Bonchev–Trinajstić information content (AvgIpc) is 2.39. The number of halogens is 1. The van der Waals surface area contributed by atoms with Crippen LogP contribution in [0.15, 0.2) is 54.6 Å². The number of nitrogens with one attached hydrogen (secondary N) is 1. The molecule has 88 valence electrons. The number of benzene rings is 2. The highest BCUT2D eigenvalue weighted by Crippen LogP contribution is 2.13. The van der Waals surface area contributed by atoms with Crippen LogP contribution in [0.2, 0.25) is 5.02 Å². The minimum atomic E-state index is 0.354. The lowest BCUT2D eigenvalue weighted by molar-refractivity contribution is 0.575. The van der Waals surface area contributed by atoms with Crippen molar-refractivity contribution in [1.29, 1.82) is 0 Å². The largest absolute Gasteiger partial charge is 0.306 e. The molecule has 0 spiro atoms. The molecule has 0 saturated carbocycles. The molecule has 0 aliphatic carbocycles. The Morgan fingerprint density at radius 2 is 1.65 bits per heavy atom. The van der Waals surface area contributed by atoms with Crippen LogP contribution < -0.4 is 5.32 Å². The number of hydrogen-bond acceptors (Lipinski definition) is 1. The summed E-state index contributed by atoms with van der Waals surface area (Å²) in [7, 11) is 0. The maximum absolute atomic E-state index is 5.85. The fourth-order valence-corrected chi connectivity index (χ4v) is 1.86. The zero-order valence-corrected chi connectivity index (χ0v) is 10.6. The molecule has 0 saturated heterocycles. The molecular weight excluding hydrogens is 230 g/mol. The maximum Gasteiger partial charge on any atom is 0.0406 e. The Morgan fingerprint density at radius 1 is 1.00 bits per heavy atom. The van der Waals surface area contributed by atoms with Crippen molar-refractivity contribution in [2.75, 3.05) is 0 Å². The zero-order valence-electron chi connectivity index (χ0n) is 9.86. The van der Waals surface area contributed by atoms with Crippen molar-refractivity contribution in [3.63, 3.8) is 0 Å². The third-order valence-electron chi connectivity index (χ3n) is 2.83. The lowest BCUT2D eigenvalue weighted by Gasteiger charge is -2.14. The molecule has 17 heavy (non-hydrogen) atoms. The molecule has 0 fully saturated rings. The van der Waals surface area contributed by atoms with Gasteiger partial charge in [0.1, 0.15) is 0 Å². The summed E-state index contributed by atoms with van der Waals surface area (Å²) in [6.07, 6.45) is 0. The van der Waals surface area contributed by atoms with E-state index in [1.54, 1.807) is 0 Å². The van der Waals surface area contributed by atoms with Crippen LogP contribution in [0.25, 0.3) is 0 Å². The van der Waals surface area contributed by atoms with Gasteiger partial charge in [0.25, 0.3) is 0 Å². The molecule has 0 heterocycles. The van der Waals surface area contributed by atoms with Crippen LogP contribution in [0.3, 0.4) is 0 Å². The Bertz CT molecular complexity index is 450. The first kappa shape index (κ1) is 12.2. The Kier molecular flexibility index (Phi) is 4.18. The van der Waals surface area contributed by atoms with E-state index in [4.69, 9.17) is 11.6 Å². The monoisotopic (exact) mass is 245 g/mol. The summed E-state index contributed by atoms with van der Waals surface area (Å²) >= 11 is 5.85. The quantitative estimate of drug-likeness (QED) is 0.852. The lowest BCUT2D eigenvalue weighted by atomic mass is 10.1. The van der Waals surface area contributed by atoms with Gasteiger partial charge in [-0.1, -0.05) is 54.1 Å². The normalized spacial score (nSPS) is 12.4.